The molecule has 2 aromatic rings. The lowest BCUT2D eigenvalue weighted by Crippen LogP contribution is -2.46. The van der Waals surface area contributed by atoms with E-state index >= 15 is 0 Å². The first-order valence-corrected chi connectivity index (χ1v) is 11.2. The van der Waals surface area contributed by atoms with Gasteiger partial charge in [-0.25, -0.2) is 9.37 Å². The van der Waals surface area contributed by atoms with Crippen LogP contribution in [0.5, 0.6) is 0 Å². The molecule has 1 aliphatic heterocycles. The second-order valence-corrected chi connectivity index (χ2v) is 9.21. The number of piperidine rings is 1. The van der Waals surface area contributed by atoms with E-state index in [0.717, 1.165) is 37.4 Å². The molecule has 31 heavy (non-hydrogen) atoms. The van der Waals surface area contributed by atoms with Crippen molar-refractivity contribution in [1.29, 1.82) is 0 Å². The maximum absolute atomic E-state index is 14.5. The van der Waals surface area contributed by atoms with Gasteiger partial charge in [-0.1, -0.05) is 12.8 Å². The summed E-state index contributed by atoms with van der Waals surface area (Å²) in [5.74, 6) is -1.71. The van der Waals surface area contributed by atoms with Gasteiger partial charge in [0.2, 0.25) is 0 Å². The third-order valence-electron chi connectivity index (χ3n) is 5.81. The van der Waals surface area contributed by atoms with E-state index < -0.39 is 28.7 Å². The van der Waals surface area contributed by atoms with Crippen LogP contribution < -0.4 is 16.2 Å². The molecule has 2 fully saturated rings. The van der Waals surface area contributed by atoms with Crippen molar-refractivity contribution >= 4 is 40.8 Å². The second kappa shape index (κ2) is 9.95. The Labute approximate surface area is 187 Å². The minimum Gasteiger partial charge on any atom is -0.382 e. The number of H-pyrrole nitrogens is 1. The largest absolute Gasteiger partial charge is 0.394 e. The van der Waals surface area contributed by atoms with E-state index in [1.165, 1.54) is 6.07 Å². The number of hydrogen-bond donors (Lipinski definition) is 3. The van der Waals surface area contributed by atoms with E-state index in [4.69, 9.17) is 0 Å². The van der Waals surface area contributed by atoms with Gasteiger partial charge >= 0.3 is 6.18 Å². The van der Waals surface area contributed by atoms with Crippen LogP contribution in [0.3, 0.4) is 0 Å². The van der Waals surface area contributed by atoms with Gasteiger partial charge in [-0.3, -0.25) is 4.79 Å². The molecule has 0 bridgehead atoms. The summed E-state index contributed by atoms with van der Waals surface area (Å²) >= 11 is 1.14. The van der Waals surface area contributed by atoms with Gasteiger partial charge in [-0.05, 0) is 37.9 Å². The molecule has 4 rings (SSSR count). The summed E-state index contributed by atoms with van der Waals surface area (Å²) in [5.41, 5.74) is 0.171. The van der Waals surface area contributed by atoms with Gasteiger partial charge in [0.25, 0.3) is 5.56 Å². The quantitative estimate of drug-likeness (QED) is 0.545. The molecule has 1 aromatic heterocycles. The summed E-state index contributed by atoms with van der Waals surface area (Å²) in [7, 11) is 0. The first kappa shape index (κ1) is 24.1. The zero-order valence-electron chi connectivity index (χ0n) is 16.7. The van der Waals surface area contributed by atoms with Crippen LogP contribution in [-0.4, -0.2) is 40.5 Å². The number of aromatic amines is 1. The molecule has 0 amide bonds. The van der Waals surface area contributed by atoms with Gasteiger partial charge < -0.3 is 15.6 Å². The number of nitrogens with zero attached hydrogens (tertiary/aromatic N) is 1. The summed E-state index contributed by atoms with van der Waals surface area (Å²) in [6.07, 6.45) is 0.392. The minimum absolute atomic E-state index is 0. The highest BCUT2D eigenvalue weighted by Crippen LogP contribution is 2.38. The van der Waals surface area contributed by atoms with Gasteiger partial charge in [-0.2, -0.15) is 13.2 Å². The number of benzene rings is 1. The van der Waals surface area contributed by atoms with Crippen molar-refractivity contribution in [2.45, 2.75) is 55.3 Å². The predicted molar refractivity (Wildman–Crippen MR) is 118 cm³/mol. The minimum atomic E-state index is -4.28. The SMILES string of the molecule is Cl.O=c1[nH]c(CS[C@@H]2CCNC[C@H]2C(F)(F)F)nc2cc(NC3CCCC3)cc(F)c12. The van der Waals surface area contributed by atoms with Crippen LogP contribution in [0, 0.1) is 11.7 Å². The summed E-state index contributed by atoms with van der Waals surface area (Å²) in [6, 6.07) is 3.22. The van der Waals surface area contributed by atoms with Crippen LogP contribution in [0.4, 0.5) is 23.2 Å². The Morgan fingerprint density at radius 3 is 2.65 bits per heavy atom. The smallest absolute Gasteiger partial charge is 0.382 e. The highest BCUT2D eigenvalue weighted by molar-refractivity contribution is 7.99. The van der Waals surface area contributed by atoms with Crippen molar-refractivity contribution in [1.82, 2.24) is 15.3 Å². The van der Waals surface area contributed by atoms with E-state index in [9.17, 15) is 22.4 Å². The lowest BCUT2D eigenvalue weighted by molar-refractivity contribution is -0.176. The number of alkyl halides is 3. The van der Waals surface area contributed by atoms with Crippen molar-refractivity contribution in [2.24, 2.45) is 5.92 Å². The molecule has 1 aromatic carbocycles. The molecular formula is C20H25ClF4N4OS. The Balaban J connectivity index is 0.00000272. The van der Waals surface area contributed by atoms with E-state index in [0.29, 0.717) is 18.7 Å². The van der Waals surface area contributed by atoms with Crippen molar-refractivity contribution in [3.63, 3.8) is 0 Å². The fourth-order valence-electron chi connectivity index (χ4n) is 4.28. The molecule has 0 radical (unpaired) electrons. The van der Waals surface area contributed by atoms with Crippen LogP contribution >= 0.6 is 24.2 Å². The van der Waals surface area contributed by atoms with Gasteiger partial charge in [0.05, 0.1) is 17.2 Å². The van der Waals surface area contributed by atoms with Gasteiger partial charge in [0, 0.05) is 23.5 Å². The van der Waals surface area contributed by atoms with Crippen molar-refractivity contribution < 1.29 is 17.6 Å². The predicted octanol–water partition coefficient (Wildman–Crippen LogP) is 4.61. The Morgan fingerprint density at radius 1 is 1.19 bits per heavy atom. The molecule has 2 aliphatic rings. The lowest BCUT2D eigenvalue weighted by atomic mass is 9.98. The summed E-state index contributed by atoms with van der Waals surface area (Å²) in [6.45, 7) is 0.414. The molecule has 1 aliphatic carbocycles. The first-order chi connectivity index (χ1) is 14.3. The zero-order valence-corrected chi connectivity index (χ0v) is 18.4. The van der Waals surface area contributed by atoms with Crippen molar-refractivity contribution in [3.8, 4) is 0 Å². The van der Waals surface area contributed by atoms with E-state index in [2.05, 4.69) is 20.6 Å². The average Bonchev–Trinajstić information content (AvgIpc) is 3.18. The third-order valence-corrected chi connectivity index (χ3v) is 7.24. The first-order valence-electron chi connectivity index (χ1n) is 10.2. The number of hydrogen-bond acceptors (Lipinski definition) is 5. The Morgan fingerprint density at radius 2 is 1.94 bits per heavy atom. The molecule has 172 valence electrons. The summed E-state index contributed by atoms with van der Waals surface area (Å²) in [4.78, 5) is 19.3. The number of aromatic nitrogens is 2. The maximum Gasteiger partial charge on any atom is 0.394 e. The fraction of sp³-hybridized carbons (Fsp3) is 0.600. The molecule has 1 saturated heterocycles. The molecule has 2 atom stereocenters. The Hall–Kier alpha value is -1.52. The van der Waals surface area contributed by atoms with Crippen LogP contribution in [0.25, 0.3) is 10.9 Å². The summed E-state index contributed by atoms with van der Waals surface area (Å²) < 4.78 is 54.3. The molecular weight excluding hydrogens is 456 g/mol. The highest BCUT2D eigenvalue weighted by atomic mass is 35.5. The molecule has 0 spiro atoms. The third kappa shape index (κ3) is 5.64. The van der Waals surface area contributed by atoms with Crippen LogP contribution in [-0.2, 0) is 5.75 Å². The van der Waals surface area contributed by atoms with E-state index in [1.54, 1.807) is 6.07 Å². The highest BCUT2D eigenvalue weighted by Gasteiger charge is 2.45. The topological polar surface area (TPSA) is 69.8 Å². The van der Waals surface area contributed by atoms with Gasteiger partial charge in [-0.15, -0.1) is 24.2 Å². The molecule has 3 N–H and O–H groups in total. The average molecular weight is 481 g/mol. The molecule has 11 heteroatoms. The standard InChI is InChI=1S/C20H24F4N4OS.ClH/c21-14-7-12(26-11-3-1-2-4-11)8-15-18(14)19(29)28-17(27-15)10-30-16-5-6-25-9-13(16)20(22,23)24;/h7-8,11,13,16,25-26H,1-6,9-10H2,(H,27,28,29);1H/t13-,16-;/m1./s1. The maximum atomic E-state index is 14.5. The molecule has 2 heterocycles. The van der Waals surface area contributed by atoms with Gasteiger partial charge in [0.1, 0.15) is 17.0 Å². The zero-order chi connectivity index (χ0) is 21.3. The number of nitrogens with one attached hydrogen (secondary N) is 3. The van der Waals surface area contributed by atoms with Crippen molar-refractivity contribution in [2.75, 3.05) is 18.4 Å². The number of thioether (sulfide) groups is 1. The van der Waals surface area contributed by atoms with Crippen molar-refractivity contribution in [3.05, 3.63) is 34.1 Å². The lowest BCUT2D eigenvalue weighted by Gasteiger charge is -2.33. The number of halogens is 5. The fourth-order valence-corrected chi connectivity index (χ4v) is 5.55. The molecule has 5 nitrogen and oxygen atoms in total. The van der Waals surface area contributed by atoms with Gasteiger partial charge in [0.15, 0.2) is 0 Å². The van der Waals surface area contributed by atoms with E-state index in [-0.39, 0.29) is 47.5 Å². The number of rotatable bonds is 5. The van der Waals surface area contributed by atoms with Crippen LogP contribution in [0.1, 0.15) is 37.9 Å². The van der Waals surface area contributed by atoms with Crippen LogP contribution in [0.2, 0.25) is 0 Å². The normalized spacial score (nSPS) is 22.5. The molecule has 1 saturated carbocycles. The monoisotopic (exact) mass is 480 g/mol. The second-order valence-electron chi connectivity index (χ2n) is 7.98. The number of fused-ring (bicyclic) bond motifs is 1. The Bertz CT molecular complexity index is 965. The van der Waals surface area contributed by atoms with E-state index in [1.807, 2.05) is 0 Å². The summed E-state index contributed by atoms with van der Waals surface area (Å²) in [5, 5.41) is 5.34. The number of anilines is 1. The van der Waals surface area contributed by atoms with Crippen LogP contribution in [0.15, 0.2) is 16.9 Å². The molecule has 0 unspecified atom stereocenters. The Kier molecular flexibility index (Phi) is 7.75.